The van der Waals surface area contributed by atoms with Crippen LogP contribution in [0.2, 0.25) is 0 Å². The molecule has 4 heteroatoms. The minimum absolute atomic E-state index is 0.156. The SMILES string of the molecule is O=C1C(=NO)Cc2ccc(I)cc21. The average Bonchev–Trinajstić information content (AvgIpc) is 2.44. The number of rotatable bonds is 0. The summed E-state index contributed by atoms with van der Waals surface area (Å²) in [6.45, 7) is 0. The van der Waals surface area contributed by atoms with Crippen molar-refractivity contribution in [3.05, 3.63) is 32.9 Å². The number of halogens is 1. The van der Waals surface area contributed by atoms with Crippen LogP contribution in [0.4, 0.5) is 0 Å². The van der Waals surface area contributed by atoms with Gasteiger partial charge in [-0.25, -0.2) is 0 Å². The Bertz CT molecular complexity index is 412. The minimum atomic E-state index is -0.156. The highest BCUT2D eigenvalue weighted by molar-refractivity contribution is 14.1. The molecule has 0 aliphatic heterocycles. The van der Waals surface area contributed by atoms with E-state index in [1.807, 2.05) is 18.2 Å². The van der Waals surface area contributed by atoms with Gasteiger partial charge >= 0.3 is 0 Å². The fourth-order valence-corrected chi connectivity index (χ4v) is 1.90. The van der Waals surface area contributed by atoms with Gasteiger partial charge in [0, 0.05) is 15.6 Å². The standard InChI is InChI=1S/C9H6INO2/c10-6-2-1-5-3-8(11-13)9(12)7(5)4-6/h1-2,4,13H,3H2. The van der Waals surface area contributed by atoms with Crippen molar-refractivity contribution in [2.45, 2.75) is 6.42 Å². The molecule has 0 heterocycles. The van der Waals surface area contributed by atoms with E-state index in [4.69, 9.17) is 5.21 Å². The molecule has 0 bridgehead atoms. The molecule has 1 aliphatic carbocycles. The highest BCUT2D eigenvalue weighted by Crippen LogP contribution is 2.22. The molecule has 0 spiro atoms. The Morgan fingerprint density at radius 2 is 2.23 bits per heavy atom. The average molecular weight is 287 g/mol. The number of carbonyl (C=O) groups excluding carboxylic acids is 1. The van der Waals surface area contributed by atoms with Crippen molar-refractivity contribution in [2.24, 2.45) is 5.16 Å². The Labute approximate surface area is 88.6 Å². The van der Waals surface area contributed by atoms with Gasteiger partial charge in [0.15, 0.2) is 0 Å². The third-order valence-corrected chi connectivity index (χ3v) is 2.73. The van der Waals surface area contributed by atoms with Gasteiger partial charge < -0.3 is 5.21 Å². The summed E-state index contributed by atoms with van der Waals surface area (Å²) >= 11 is 2.15. The number of carbonyl (C=O) groups is 1. The van der Waals surface area contributed by atoms with E-state index in [2.05, 4.69) is 27.7 Å². The van der Waals surface area contributed by atoms with Crippen LogP contribution in [0.15, 0.2) is 23.4 Å². The van der Waals surface area contributed by atoms with Crippen LogP contribution in [-0.2, 0) is 6.42 Å². The topological polar surface area (TPSA) is 49.7 Å². The smallest absolute Gasteiger partial charge is 0.211 e. The lowest BCUT2D eigenvalue weighted by Gasteiger charge is -1.95. The Hall–Kier alpha value is -0.910. The van der Waals surface area contributed by atoms with Crippen molar-refractivity contribution in [1.82, 2.24) is 0 Å². The molecule has 1 aliphatic rings. The minimum Gasteiger partial charge on any atom is -0.411 e. The molecule has 1 aromatic carbocycles. The van der Waals surface area contributed by atoms with Crippen LogP contribution >= 0.6 is 22.6 Å². The molecule has 0 amide bonds. The van der Waals surface area contributed by atoms with E-state index in [1.54, 1.807) is 0 Å². The van der Waals surface area contributed by atoms with Crippen LogP contribution < -0.4 is 0 Å². The molecule has 0 radical (unpaired) electrons. The van der Waals surface area contributed by atoms with E-state index < -0.39 is 0 Å². The molecule has 2 rings (SSSR count). The van der Waals surface area contributed by atoms with Gasteiger partial charge in [-0.15, -0.1) is 0 Å². The lowest BCUT2D eigenvalue weighted by molar-refractivity contribution is 0.106. The second-order valence-corrected chi connectivity index (χ2v) is 4.10. The molecular formula is C9H6INO2. The molecule has 13 heavy (non-hydrogen) atoms. The molecule has 66 valence electrons. The van der Waals surface area contributed by atoms with E-state index in [1.165, 1.54) is 0 Å². The number of oxime groups is 1. The fraction of sp³-hybridized carbons (Fsp3) is 0.111. The van der Waals surface area contributed by atoms with Gasteiger partial charge in [0.25, 0.3) is 0 Å². The normalized spacial score (nSPS) is 17.9. The van der Waals surface area contributed by atoms with Crippen LogP contribution in [0.1, 0.15) is 15.9 Å². The van der Waals surface area contributed by atoms with Crippen LogP contribution in [0, 0.1) is 3.57 Å². The van der Waals surface area contributed by atoms with Gasteiger partial charge in [-0.05, 0) is 40.3 Å². The number of hydrogen-bond donors (Lipinski definition) is 1. The van der Waals surface area contributed by atoms with Gasteiger partial charge in [-0.2, -0.15) is 0 Å². The molecule has 1 N–H and O–H groups in total. The Morgan fingerprint density at radius 1 is 1.46 bits per heavy atom. The number of benzene rings is 1. The molecule has 0 saturated carbocycles. The summed E-state index contributed by atoms with van der Waals surface area (Å²) in [6.07, 6.45) is 0.446. The van der Waals surface area contributed by atoms with E-state index >= 15 is 0 Å². The van der Waals surface area contributed by atoms with Crippen molar-refractivity contribution < 1.29 is 10.0 Å². The quantitative estimate of drug-likeness (QED) is 0.450. The first kappa shape index (κ1) is 8.68. The van der Waals surface area contributed by atoms with Crippen molar-refractivity contribution in [3.8, 4) is 0 Å². The monoisotopic (exact) mass is 287 g/mol. The van der Waals surface area contributed by atoms with Crippen molar-refractivity contribution >= 4 is 34.1 Å². The van der Waals surface area contributed by atoms with Crippen LogP contribution in [-0.4, -0.2) is 16.7 Å². The third kappa shape index (κ3) is 1.35. The van der Waals surface area contributed by atoms with E-state index in [9.17, 15) is 4.79 Å². The third-order valence-electron chi connectivity index (χ3n) is 2.06. The fourth-order valence-electron chi connectivity index (χ4n) is 1.41. The van der Waals surface area contributed by atoms with Crippen LogP contribution in [0.5, 0.6) is 0 Å². The number of Topliss-reactive ketones (excluding diaryl/α,β-unsaturated/α-hetero) is 1. The zero-order valence-corrected chi connectivity index (χ0v) is 8.78. The van der Waals surface area contributed by atoms with E-state index in [0.717, 1.165) is 9.13 Å². The molecule has 0 unspecified atom stereocenters. The first-order valence-corrected chi connectivity index (χ1v) is 4.84. The Kier molecular flexibility index (Phi) is 2.07. The van der Waals surface area contributed by atoms with Gasteiger partial charge in [0.1, 0.15) is 5.71 Å². The maximum absolute atomic E-state index is 11.5. The van der Waals surface area contributed by atoms with Crippen LogP contribution in [0.25, 0.3) is 0 Å². The maximum Gasteiger partial charge on any atom is 0.211 e. The Balaban J connectivity index is 2.57. The molecule has 0 atom stereocenters. The zero-order valence-electron chi connectivity index (χ0n) is 6.62. The first-order valence-electron chi connectivity index (χ1n) is 3.76. The van der Waals surface area contributed by atoms with Crippen LogP contribution in [0.3, 0.4) is 0 Å². The lowest BCUT2D eigenvalue weighted by atomic mass is 10.1. The summed E-state index contributed by atoms with van der Waals surface area (Å²) < 4.78 is 1.02. The largest absolute Gasteiger partial charge is 0.411 e. The number of nitrogens with zero attached hydrogens (tertiary/aromatic N) is 1. The summed E-state index contributed by atoms with van der Waals surface area (Å²) in [6, 6.07) is 5.65. The molecular weight excluding hydrogens is 281 g/mol. The molecule has 0 fully saturated rings. The predicted molar refractivity (Wildman–Crippen MR) is 56.4 cm³/mol. The van der Waals surface area contributed by atoms with Gasteiger partial charge in [-0.1, -0.05) is 11.2 Å². The summed E-state index contributed by atoms with van der Waals surface area (Å²) in [4.78, 5) is 11.5. The van der Waals surface area contributed by atoms with Gasteiger partial charge in [-0.3, -0.25) is 4.79 Å². The summed E-state index contributed by atoms with van der Waals surface area (Å²) in [5, 5.41) is 11.5. The van der Waals surface area contributed by atoms with E-state index in [-0.39, 0.29) is 11.5 Å². The second-order valence-electron chi connectivity index (χ2n) is 2.85. The molecule has 0 saturated heterocycles. The zero-order chi connectivity index (χ0) is 9.42. The summed E-state index contributed by atoms with van der Waals surface area (Å²) in [7, 11) is 0. The number of hydrogen-bond acceptors (Lipinski definition) is 3. The summed E-state index contributed by atoms with van der Waals surface area (Å²) in [5.74, 6) is -0.156. The molecule has 1 aromatic rings. The van der Waals surface area contributed by atoms with Crippen molar-refractivity contribution in [2.75, 3.05) is 0 Å². The second kappa shape index (κ2) is 3.10. The molecule has 3 nitrogen and oxygen atoms in total. The number of fused-ring (bicyclic) bond motifs is 1. The highest BCUT2D eigenvalue weighted by atomic mass is 127. The maximum atomic E-state index is 11.5. The molecule has 0 aromatic heterocycles. The lowest BCUT2D eigenvalue weighted by Crippen LogP contribution is -2.06. The van der Waals surface area contributed by atoms with E-state index in [0.29, 0.717) is 12.0 Å². The predicted octanol–water partition coefficient (Wildman–Crippen LogP) is 1.86. The van der Waals surface area contributed by atoms with Crippen molar-refractivity contribution in [3.63, 3.8) is 0 Å². The van der Waals surface area contributed by atoms with Gasteiger partial charge in [0.05, 0.1) is 0 Å². The number of ketones is 1. The highest BCUT2D eigenvalue weighted by Gasteiger charge is 2.26. The van der Waals surface area contributed by atoms with Crippen molar-refractivity contribution in [1.29, 1.82) is 0 Å². The Morgan fingerprint density at radius 3 is 2.92 bits per heavy atom. The first-order chi connectivity index (χ1) is 6.22. The van der Waals surface area contributed by atoms with Gasteiger partial charge in [0.2, 0.25) is 5.78 Å². The summed E-state index contributed by atoms with van der Waals surface area (Å²) in [5.41, 5.74) is 1.84.